The number of aromatic nitrogens is 1. The highest BCUT2D eigenvalue weighted by molar-refractivity contribution is 5.57. The quantitative estimate of drug-likeness (QED) is 0.716. The fourth-order valence-corrected chi connectivity index (χ4v) is 2.71. The van der Waals surface area contributed by atoms with Gasteiger partial charge in [0.05, 0.1) is 5.56 Å². The van der Waals surface area contributed by atoms with Gasteiger partial charge in [-0.1, -0.05) is 0 Å². The van der Waals surface area contributed by atoms with Gasteiger partial charge in [0.2, 0.25) is 0 Å². The van der Waals surface area contributed by atoms with Crippen molar-refractivity contribution in [2.24, 2.45) is 0 Å². The zero-order valence-corrected chi connectivity index (χ0v) is 9.37. The van der Waals surface area contributed by atoms with Crippen LogP contribution in [-0.4, -0.2) is 18.1 Å². The maximum atomic E-state index is 9.19. The smallest absolute Gasteiger partial charge is 0.146 e. The number of rotatable bonds is 1. The lowest BCUT2D eigenvalue weighted by atomic mass is 10.1. The van der Waals surface area contributed by atoms with E-state index in [0.29, 0.717) is 0 Å². The molecule has 0 amide bonds. The van der Waals surface area contributed by atoms with Gasteiger partial charge in [-0.15, -0.1) is 0 Å². The van der Waals surface area contributed by atoms with Gasteiger partial charge in [-0.2, -0.15) is 5.26 Å². The molecule has 3 heteroatoms. The van der Waals surface area contributed by atoms with Crippen molar-refractivity contribution in [2.75, 3.05) is 18.0 Å². The second-order valence-corrected chi connectivity index (χ2v) is 4.62. The van der Waals surface area contributed by atoms with E-state index in [1.165, 1.54) is 30.5 Å². The lowest BCUT2D eigenvalue weighted by molar-refractivity contribution is 0.886. The van der Waals surface area contributed by atoms with Gasteiger partial charge in [-0.25, -0.2) is 4.98 Å². The Morgan fingerprint density at radius 3 is 2.75 bits per heavy atom. The van der Waals surface area contributed by atoms with Crippen LogP contribution in [0.3, 0.4) is 0 Å². The predicted octanol–water partition coefficient (Wildman–Crippen LogP) is 2.04. The maximum Gasteiger partial charge on any atom is 0.146 e. The summed E-state index contributed by atoms with van der Waals surface area (Å²) in [5.41, 5.74) is 3.28. The standard InChI is InChI=1S/C13H15N3/c14-9-11-8-10-4-3-5-12(10)15-13(11)16-6-1-2-7-16/h8H,1-7H2. The summed E-state index contributed by atoms with van der Waals surface area (Å²) < 4.78 is 0. The van der Waals surface area contributed by atoms with Crippen molar-refractivity contribution in [3.8, 4) is 6.07 Å². The van der Waals surface area contributed by atoms with Crippen molar-refractivity contribution in [3.05, 3.63) is 22.9 Å². The van der Waals surface area contributed by atoms with E-state index in [1.807, 2.05) is 0 Å². The summed E-state index contributed by atoms with van der Waals surface area (Å²) in [4.78, 5) is 6.97. The Morgan fingerprint density at radius 1 is 1.19 bits per heavy atom. The Morgan fingerprint density at radius 2 is 2.00 bits per heavy atom. The summed E-state index contributed by atoms with van der Waals surface area (Å²) in [6.45, 7) is 2.11. The SMILES string of the molecule is N#Cc1cc2c(nc1N1CCCC1)CCC2. The first-order chi connectivity index (χ1) is 7.88. The van der Waals surface area contributed by atoms with Crippen molar-refractivity contribution in [3.63, 3.8) is 0 Å². The molecular formula is C13H15N3. The van der Waals surface area contributed by atoms with E-state index < -0.39 is 0 Å². The van der Waals surface area contributed by atoms with Crippen LogP contribution >= 0.6 is 0 Å². The predicted molar refractivity (Wildman–Crippen MR) is 62.4 cm³/mol. The zero-order valence-electron chi connectivity index (χ0n) is 9.37. The largest absolute Gasteiger partial charge is 0.356 e. The Bertz CT molecular complexity index is 453. The minimum absolute atomic E-state index is 0.766. The second-order valence-electron chi connectivity index (χ2n) is 4.62. The van der Waals surface area contributed by atoms with Crippen molar-refractivity contribution in [1.82, 2.24) is 4.98 Å². The lowest BCUT2D eigenvalue weighted by Crippen LogP contribution is -2.20. The number of nitrogens with zero attached hydrogens (tertiary/aromatic N) is 3. The first-order valence-electron chi connectivity index (χ1n) is 6.06. The van der Waals surface area contributed by atoms with E-state index in [0.717, 1.165) is 37.3 Å². The van der Waals surface area contributed by atoms with E-state index in [-0.39, 0.29) is 0 Å². The van der Waals surface area contributed by atoms with Crippen LogP contribution in [0.15, 0.2) is 6.07 Å². The Hall–Kier alpha value is -1.56. The molecule has 82 valence electrons. The first-order valence-corrected chi connectivity index (χ1v) is 6.06. The molecule has 0 aromatic carbocycles. The second kappa shape index (κ2) is 3.79. The van der Waals surface area contributed by atoms with E-state index in [4.69, 9.17) is 4.98 Å². The number of pyridine rings is 1. The average Bonchev–Trinajstić information content (AvgIpc) is 2.97. The average molecular weight is 213 g/mol. The van der Waals surface area contributed by atoms with Crippen LogP contribution in [0.4, 0.5) is 5.82 Å². The zero-order chi connectivity index (χ0) is 11.0. The van der Waals surface area contributed by atoms with Crippen LogP contribution in [0, 0.1) is 11.3 Å². The van der Waals surface area contributed by atoms with Crippen molar-refractivity contribution >= 4 is 5.82 Å². The third kappa shape index (κ3) is 1.46. The van der Waals surface area contributed by atoms with Gasteiger partial charge in [-0.05, 0) is 43.7 Å². The molecule has 1 saturated heterocycles. The van der Waals surface area contributed by atoms with Crippen LogP contribution in [0.1, 0.15) is 36.1 Å². The molecule has 3 nitrogen and oxygen atoms in total. The fourth-order valence-electron chi connectivity index (χ4n) is 2.71. The molecule has 16 heavy (non-hydrogen) atoms. The summed E-state index contributed by atoms with van der Waals surface area (Å²) in [5.74, 6) is 0.931. The first kappa shape index (κ1) is 9.65. The topological polar surface area (TPSA) is 39.9 Å². The molecule has 1 aliphatic carbocycles. The number of anilines is 1. The number of hydrogen-bond acceptors (Lipinski definition) is 3. The van der Waals surface area contributed by atoms with Gasteiger partial charge in [0.15, 0.2) is 0 Å². The van der Waals surface area contributed by atoms with Crippen LogP contribution in [0.25, 0.3) is 0 Å². The molecule has 3 rings (SSSR count). The van der Waals surface area contributed by atoms with E-state index in [2.05, 4.69) is 17.0 Å². The molecule has 1 fully saturated rings. The highest BCUT2D eigenvalue weighted by atomic mass is 15.2. The Kier molecular flexibility index (Phi) is 2.28. The third-order valence-electron chi connectivity index (χ3n) is 3.56. The number of hydrogen-bond donors (Lipinski definition) is 0. The monoisotopic (exact) mass is 213 g/mol. The Labute approximate surface area is 95.7 Å². The van der Waals surface area contributed by atoms with Gasteiger partial charge in [0.25, 0.3) is 0 Å². The normalized spacial score (nSPS) is 18.6. The maximum absolute atomic E-state index is 9.19. The minimum atomic E-state index is 0.766. The molecule has 0 unspecified atom stereocenters. The summed E-state index contributed by atoms with van der Waals surface area (Å²) in [5, 5.41) is 9.19. The summed E-state index contributed by atoms with van der Waals surface area (Å²) in [6.07, 6.45) is 5.82. The highest BCUT2D eigenvalue weighted by Crippen LogP contribution is 2.28. The molecule has 0 bridgehead atoms. The molecule has 2 aliphatic rings. The minimum Gasteiger partial charge on any atom is -0.356 e. The molecule has 1 aromatic rings. The molecule has 1 aromatic heterocycles. The molecule has 0 radical (unpaired) electrons. The summed E-state index contributed by atoms with van der Waals surface area (Å²) >= 11 is 0. The van der Waals surface area contributed by atoms with Gasteiger partial charge in [-0.3, -0.25) is 0 Å². The van der Waals surface area contributed by atoms with Crippen LogP contribution in [0.2, 0.25) is 0 Å². The van der Waals surface area contributed by atoms with Crippen molar-refractivity contribution in [2.45, 2.75) is 32.1 Å². The van der Waals surface area contributed by atoms with Crippen LogP contribution in [-0.2, 0) is 12.8 Å². The molecule has 0 N–H and O–H groups in total. The van der Waals surface area contributed by atoms with E-state index in [1.54, 1.807) is 0 Å². The molecule has 1 aliphatic heterocycles. The van der Waals surface area contributed by atoms with Gasteiger partial charge >= 0.3 is 0 Å². The van der Waals surface area contributed by atoms with Gasteiger partial charge in [0, 0.05) is 18.8 Å². The highest BCUT2D eigenvalue weighted by Gasteiger charge is 2.21. The molecule has 0 spiro atoms. The number of nitriles is 1. The molecule has 0 atom stereocenters. The summed E-state index contributed by atoms with van der Waals surface area (Å²) in [7, 11) is 0. The van der Waals surface area contributed by atoms with E-state index in [9.17, 15) is 5.26 Å². The van der Waals surface area contributed by atoms with Crippen molar-refractivity contribution < 1.29 is 0 Å². The van der Waals surface area contributed by atoms with Gasteiger partial charge < -0.3 is 4.90 Å². The lowest BCUT2D eigenvalue weighted by Gasteiger charge is -2.18. The van der Waals surface area contributed by atoms with Crippen LogP contribution < -0.4 is 4.90 Å². The Balaban J connectivity index is 2.06. The molecular weight excluding hydrogens is 198 g/mol. The summed E-state index contributed by atoms with van der Waals surface area (Å²) in [6, 6.07) is 4.36. The van der Waals surface area contributed by atoms with E-state index >= 15 is 0 Å². The third-order valence-corrected chi connectivity index (χ3v) is 3.56. The van der Waals surface area contributed by atoms with Gasteiger partial charge in [0.1, 0.15) is 11.9 Å². The number of aryl methyl sites for hydroxylation is 2. The molecule has 0 saturated carbocycles. The van der Waals surface area contributed by atoms with Crippen LogP contribution in [0.5, 0.6) is 0 Å². The fraction of sp³-hybridized carbons (Fsp3) is 0.538. The van der Waals surface area contributed by atoms with Crippen molar-refractivity contribution in [1.29, 1.82) is 5.26 Å². The molecule has 2 heterocycles. The number of fused-ring (bicyclic) bond motifs is 1.